The third kappa shape index (κ3) is 5.70. The van der Waals surface area contributed by atoms with Crippen LogP contribution in [0.25, 0.3) is 10.4 Å². The summed E-state index contributed by atoms with van der Waals surface area (Å²) in [4.78, 5) is 36.4. The quantitative estimate of drug-likeness (QED) is 0.274. The smallest absolute Gasteiger partial charge is 0.350 e. The van der Waals surface area contributed by atoms with Crippen molar-refractivity contribution in [3.05, 3.63) is 75.2 Å². The number of ether oxygens (including phenoxy) is 2. The number of nitro groups is 1. The van der Waals surface area contributed by atoms with E-state index < -0.39 is 10.9 Å². The van der Waals surface area contributed by atoms with E-state index >= 15 is 0 Å². The number of nitro benzene ring substituents is 1. The van der Waals surface area contributed by atoms with E-state index in [1.165, 1.54) is 12.1 Å². The molecular formula is C23H22N2O6S. The number of benzene rings is 2. The number of methoxy groups -OCH3 is 1. The maximum absolute atomic E-state index is 12.6. The highest BCUT2D eigenvalue weighted by Gasteiger charge is 2.21. The molecule has 166 valence electrons. The van der Waals surface area contributed by atoms with Gasteiger partial charge in [0.2, 0.25) is 5.91 Å². The summed E-state index contributed by atoms with van der Waals surface area (Å²) in [5.41, 5.74) is 1.83. The maximum Gasteiger partial charge on any atom is 0.350 e. The molecule has 0 aliphatic rings. The van der Waals surface area contributed by atoms with E-state index in [9.17, 15) is 19.7 Å². The first kappa shape index (κ1) is 23.0. The molecule has 8 nitrogen and oxygen atoms in total. The minimum atomic E-state index is -0.556. The summed E-state index contributed by atoms with van der Waals surface area (Å²) in [6, 6.07) is 15.2. The Kier molecular flexibility index (Phi) is 7.56. The van der Waals surface area contributed by atoms with Crippen LogP contribution in [-0.2, 0) is 16.0 Å². The van der Waals surface area contributed by atoms with Crippen LogP contribution in [0.4, 0.5) is 11.4 Å². The number of non-ortho nitro benzene ring substituents is 1. The lowest BCUT2D eigenvalue weighted by molar-refractivity contribution is -0.384. The van der Waals surface area contributed by atoms with Crippen LogP contribution in [-0.4, -0.2) is 30.5 Å². The number of carbonyl (C=O) groups is 2. The standard InChI is InChI=1S/C23H22N2O6S/c1-3-31-23(27)22-19(14-20(32-22)16-5-4-6-17(13-16)25(28)29)24-21(26)12-9-15-7-10-18(30-2)11-8-15/h4-8,10-11,13-14H,3,9,12H2,1-2H3,(H,24,26). The second-order valence-electron chi connectivity index (χ2n) is 6.78. The summed E-state index contributed by atoms with van der Waals surface area (Å²) in [6.45, 7) is 1.88. The normalized spacial score (nSPS) is 10.4. The van der Waals surface area contributed by atoms with Crippen molar-refractivity contribution in [1.82, 2.24) is 0 Å². The van der Waals surface area contributed by atoms with E-state index in [2.05, 4.69) is 5.32 Å². The molecule has 1 amide bonds. The average Bonchev–Trinajstić information content (AvgIpc) is 3.22. The van der Waals surface area contributed by atoms with Crippen LogP contribution in [0, 0.1) is 10.1 Å². The van der Waals surface area contributed by atoms with Crippen LogP contribution in [0.15, 0.2) is 54.6 Å². The van der Waals surface area contributed by atoms with Gasteiger partial charge in [-0.3, -0.25) is 14.9 Å². The Labute approximate surface area is 188 Å². The minimum Gasteiger partial charge on any atom is -0.497 e. The second-order valence-corrected chi connectivity index (χ2v) is 7.83. The molecule has 9 heteroatoms. The molecule has 0 fully saturated rings. The molecule has 1 heterocycles. The fraction of sp³-hybridized carbons (Fsp3) is 0.217. The number of anilines is 1. The van der Waals surface area contributed by atoms with Crippen LogP contribution >= 0.6 is 11.3 Å². The Morgan fingerprint density at radius 1 is 1.12 bits per heavy atom. The van der Waals surface area contributed by atoms with Gasteiger partial charge < -0.3 is 14.8 Å². The van der Waals surface area contributed by atoms with Gasteiger partial charge in [0.05, 0.1) is 24.3 Å². The van der Waals surface area contributed by atoms with Crippen molar-refractivity contribution >= 4 is 34.6 Å². The van der Waals surface area contributed by atoms with Gasteiger partial charge in [0.25, 0.3) is 5.69 Å². The Bertz CT molecular complexity index is 1120. The zero-order chi connectivity index (χ0) is 23.1. The highest BCUT2D eigenvalue weighted by Crippen LogP contribution is 2.36. The number of hydrogen-bond donors (Lipinski definition) is 1. The molecular weight excluding hydrogens is 432 g/mol. The van der Waals surface area contributed by atoms with Gasteiger partial charge in [-0.05, 0) is 42.7 Å². The molecule has 3 rings (SSSR count). The van der Waals surface area contributed by atoms with Crippen molar-refractivity contribution in [2.24, 2.45) is 0 Å². The van der Waals surface area contributed by atoms with Crippen molar-refractivity contribution in [2.45, 2.75) is 19.8 Å². The zero-order valence-corrected chi connectivity index (χ0v) is 18.4. The summed E-state index contributed by atoms with van der Waals surface area (Å²) in [7, 11) is 1.59. The van der Waals surface area contributed by atoms with Crippen LogP contribution in [0.5, 0.6) is 5.75 Å². The molecule has 3 aromatic rings. The van der Waals surface area contributed by atoms with Crippen molar-refractivity contribution in [1.29, 1.82) is 0 Å². The van der Waals surface area contributed by atoms with Crippen molar-refractivity contribution < 1.29 is 24.0 Å². The summed E-state index contributed by atoms with van der Waals surface area (Å²) in [6.07, 6.45) is 0.739. The first-order valence-corrected chi connectivity index (χ1v) is 10.7. The summed E-state index contributed by atoms with van der Waals surface area (Å²) in [5.74, 6) is -0.0707. The molecule has 0 saturated heterocycles. The molecule has 1 N–H and O–H groups in total. The molecule has 0 aliphatic heterocycles. The Balaban J connectivity index is 1.79. The molecule has 1 aromatic heterocycles. The van der Waals surface area contributed by atoms with Crippen molar-refractivity contribution in [3.8, 4) is 16.2 Å². The number of carbonyl (C=O) groups excluding carboxylic acids is 2. The lowest BCUT2D eigenvalue weighted by atomic mass is 10.1. The number of aryl methyl sites for hydroxylation is 1. The molecule has 0 saturated carbocycles. The number of rotatable bonds is 9. The maximum atomic E-state index is 12.6. The lowest BCUT2D eigenvalue weighted by Gasteiger charge is -2.07. The van der Waals surface area contributed by atoms with E-state index in [-0.39, 0.29) is 29.5 Å². The number of nitrogens with zero attached hydrogens (tertiary/aromatic N) is 1. The highest BCUT2D eigenvalue weighted by molar-refractivity contribution is 7.18. The van der Waals surface area contributed by atoms with Gasteiger partial charge in [-0.25, -0.2) is 4.79 Å². The topological polar surface area (TPSA) is 108 Å². The van der Waals surface area contributed by atoms with Gasteiger partial charge in [0.15, 0.2) is 0 Å². The molecule has 0 radical (unpaired) electrons. The fourth-order valence-corrected chi connectivity index (χ4v) is 4.01. The minimum absolute atomic E-state index is 0.0568. The molecule has 0 aliphatic carbocycles. The third-order valence-electron chi connectivity index (χ3n) is 4.61. The van der Waals surface area contributed by atoms with E-state index in [1.807, 2.05) is 24.3 Å². The number of esters is 1. The number of amides is 1. The number of thiophene rings is 1. The lowest BCUT2D eigenvalue weighted by Crippen LogP contribution is -2.14. The number of nitrogens with one attached hydrogen (secondary N) is 1. The number of hydrogen-bond acceptors (Lipinski definition) is 7. The summed E-state index contributed by atoms with van der Waals surface area (Å²) < 4.78 is 10.2. The van der Waals surface area contributed by atoms with Crippen LogP contribution < -0.4 is 10.1 Å². The Morgan fingerprint density at radius 3 is 2.53 bits per heavy atom. The molecule has 2 aromatic carbocycles. The van der Waals surface area contributed by atoms with Gasteiger partial charge >= 0.3 is 5.97 Å². The predicted molar refractivity (Wildman–Crippen MR) is 122 cm³/mol. The molecule has 0 unspecified atom stereocenters. The molecule has 0 atom stereocenters. The van der Waals surface area contributed by atoms with Gasteiger partial charge in [-0.1, -0.05) is 24.3 Å². The van der Waals surface area contributed by atoms with E-state index in [0.717, 1.165) is 22.6 Å². The van der Waals surface area contributed by atoms with Crippen molar-refractivity contribution in [3.63, 3.8) is 0 Å². The van der Waals surface area contributed by atoms with Gasteiger partial charge in [-0.2, -0.15) is 0 Å². The fourth-order valence-electron chi connectivity index (χ4n) is 3.01. The average molecular weight is 455 g/mol. The Morgan fingerprint density at radius 2 is 1.88 bits per heavy atom. The molecule has 32 heavy (non-hydrogen) atoms. The van der Waals surface area contributed by atoms with E-state index in [4.69, 9.17) is 9.47 Å². The third-order valence-corrected chi connectivity index (χ3v) is 5.77. The molecule has 0 bridgehead atoms. The van der Waals surface area contributed by atoms with Crippen LogP contribution in [0.2, 0.25) is 0 Å². The van der Waals surface area contributed by atoms with E-state index in [1.54, 1.807) is 32.2 Å². The second kappa shape index (κ2) is 10.5. The summed E-state index contributed by atoms with van der Waals surface area (Å²) in [5, 5.41) is 13.9. The monoisotopic (exact) mass is 454 g/mol. The highest BCUT2D eigenvalue weighted by atomic mass is 32.1. The summed E-state index contributed by atoms with van der Waals surface area (Å²) >= 11 is 1.12. The van der Waals surface area contributed by atoms with Crippen LogP contribution in [0.3, 0.4) is 0 Å². The predicted octanol–water partition coefficient (Wildman–Crippen LogP) is 5.08. The van der Waals surface area contributed by atoms with Gasteiger partial charge in [0, 0.05) is 23.4 Å². The first-order valence-electron chi connectivity index (χ1n) is 9.89. The largest absolute Gasteiger partial charge is 0.497 e. The van der Waals surface area contributed by atoms with Crippen LogP contribution in [0.1, 0.15) is 28.6 Å². The van der Waals surface area contributed by atoms with Gasteiger partial charge in [0.1, 0.15) is 10.6 Å². The van der Waals surface area contributed by atoms with Crippen molar-refractivity contribution in [2.75, 3.05) is 19.0 Å². The molecule has 0 spiro atoms. The first-order chi connectivity index (χ1) is 15.4. The zero-order valence-electron chi connectivity index (χ0n) is 17.6. The van der Waals surface area contributed by atoms with Gasteiger partial charge in [-0.15, -0.1) is 11.3 Å². The SMILES string of the molecule is CCOC(=O)c1sc(-c2cccc([N+](=O)[O-])c2)cc1NC(=O)CCc1ccc(OC)cc1. The Hall–Kier alpha value is -3.72. The van der Waals surface area contributed by atoms with E-state index in [0.29, 0.717) is 22.5 Å².